The first-order chi connectivity index (χ1) is 5.04. The van der Waals surface area contributed by atoms with Crippen LogP contribution in [0.4, 0.5) is 0 Å². The van der Waals surface area contributed by atoms with Crippen molar-refractivity contribution in [1.29, 1.82) is 0 Å². The molecule has 4 atom stereocenters. The van der Waals surface area contributed by atoms with E-state index in [0.717, 1.165) is 5.92 Å². The van der Waals surface area contributed by atoms with Gasteiger partial charge < -0.3 is 4.74 Å². The van der Waals surface area contributed by atoms with Crippen LogP contribution < -0.4 is 0 Å². The highest BCUT2D eigenvalue weighted by Gasteiger charge is 2.34. The zero-order chi connectivity index (χ0) is 8.59. The average molecular weight is 156 g/mol. The molecule has 66 valence electrons. The summed E-state index contributed by atoms with van der Waals surface area (Å²) in [7, 11) is 0. The van der Waals surface area contributed by atoms with E-state index in [1.165, 1.54) is 0 Å². The molecular formula is C10H20O. The molecule has 1 heteroatoms. The molecule has 1 saturated heterocycles. The van der Waals surface area contributed by atoms with E-state index in [0.29, 0.717) is 24.0 Å². The van der Waals surface area contributed by atoms with Crippen molar-refractivity contribution in [2.75, 3.05) is 0 Å². The lowest BCUT2D eigenvalue weighted by atomic mass is 9.77. The van der Waals surface area contributed by atoms with Gasteiger partial charge in [0.15, 0.2) is 0 Å². The van der Waals surface area contributed by atoms with Gasteiger partial charge >= 0.3 is 0 Å². The van der Waals surface area contributed by atoms with Crippen LogP contribution in [0.15, 0.2) is 0 Å². The first-order valence-electron chi connectivity index (χ1n) is 4.69. The molecule has 0 aromatic heterocycles. The summed E-state index contributed by atoms with van der Waals surface area (Å²) in [6, 6.07) is 0. The van der Waals surface area contributed by atoms with Crippen molar-refractivity contribution in [3.05, 3.63) is 0 Å². The van der Waals surface area contributed by atoms with Crippen LogP contribution in [0.25, 0.3) is 0 Å². The summed E-state index contributed by atoms with van der Waals surface area (Å²) < 4.78 is 5.78. The fourth-order valence-electron chi connectivity index (χ4n) is 1.92. The van der Waals surface area contributed by atoms with Crippen molar-refractivity contribution < 1.29 is 4.74 Å². The van der Waals surface area contributed by atoms with Crippen LogP contribution in [0.2, 0.25) is 0 Å². The summed E-state index contributed by atoms with van der Waals surface area (Å²) in [5, 5.41) is 0. The smallest absolute Gasteiger partial charge is 0.0578 e. The van der Waals surface area contributed by atoms with Crippen LogP contribution in [0.3, 0.4) is 0 Å². The molecule has 0 aliphatic carbocycles. The van der Waals surface area contributed by atoms with Gasteiger partial charge in [0, 0.05) is 0 Å². The molecular weight excluding hydrogens is 136 g/mol. The third-order valence-electron chi connectivity index (χ3n) is 3.57. The topological polar surface area (TPSA) is 9.23 Å². The maximum Gasteiger partial charge on any atom is 0.0578 e. The second-order valence-corrected chi connectivity index (χ2v) is 4.12. The molecule has 0 saturated carbocycles. The first kappa shape index (κ1) is 9.05. The van der Waals surface area contributed by atoms with Gasteiger partial charge in [0.05, 0.1) is 12.2 Å². The molecule has 0 N–H and O–H groups in total. The minimum absolute atomic E-state index is 0.441. The minimum atomic E-state index is 0.441. The first-order valence-corrected chi connectivity index (χ1v) is 4.69. The van der Waals surface area contributed by atoms with Crippen molar-refractivity contribution in [3.63, 3.8) is 0 Å². The van der Waals surface area contributed by atoms with E-state index >= 15 is 0 Å². The molecule has 11 heavy (non-hydrogen) atoms. The molecule has 1 rings (SSSR count). The summed E-state index contributed by atoms with van der Waals surface area (Å²) in [6.45, 7) is 11.3. The van der Waals surface area contributed by atoms with Crippen molar-refractivity contribution in [2.24, 2.45) is 17.8 Å². The Balaban J connectivity index is 2.63. The normalized spacial score (nSPS) is 52.6. The Hall–Kier alpha value is -0.0400. The Kier molecular flexibility index (Phi) is 2.58. The van der Waals surface area contributed by atoms with Crippen LogP contribution in [0.5, 0.6) is 0 Å². The predicted octanol–water partition coefficient (Wildman–Crippen LogP) is 2.70. The van der Waals surface area contributed by atoms with Crippen LogP contribution >= 0.6 is 0 Å². The fraction of sp³-hybridized carbons (Fsp3) is 1.00. The highest BCUT2D eigenvalue weighted by Crippen LogP contribution is 2.34. The van der Waals surface area contributed by atoms with Crippen LogP contribution in [0.1, 0.15) is 34.6 Å². The Labute approximate surface area is 70.1 Å². The minimum Gasteiger partial charge on any atom is -0.375 e. The Morgan fingerprint density at radius 2 is 1.00 bits per heavy atom. The quantitative estimate of drug-likeness (QED) is 0.524. The standard InChI is InChI=1S/C10H20O/c1-6-7(2)9(4)11-10(5)8(6)3/h6-10H,1-5H3. The highest BCUT2D eigenvalue weighted by atomic mass is 16.5. The van der Waals surface area contributed by atoms with E-state index < -0.39 is 0 Å². The summed E-state index contributed by atoms with van der Waals surface area (Å²) in [4.78, 5) is 0. The van der Waals surface area contributed by atoms with Crippen molar-refractivity contribution in [3.8, 4) is 0 Å². The van der Waals surface area contributed by atoms with Gasteiger partial charge in [-0.1, -0.05) is 20.8 Å². The third kappa shape index (κ3) is 1.58. The molecule has 0 radical (unpaired) electrons. The molecule has 4 unspecified atom stereocenters. The molecule has 0 aromatic rings. The molecule has 1 fully saturated rings. The van der Waals surface area contributed by atoms with Crippen LogP contribution in [-0.4, -0.2) is 12.2 Å². The Bertz CT molecular complexity index is 119. The van der Waals surface area contributed by atoms with E-state index in [1.54, 1.807) is 0 Å². The zero-order valence-corrected chi connectivity index (χ0v) is 8.29. The fourth-order valence-corrected chi connectivity index (χ4v) is 1.92. The van der Waals surface area contributed by atoms with E-state index in [2.05, 4.69) is 34.6 Å². The molecule has 1 aliphatic heterocycles. The highest BCUT2D eigenvalue weighted by molar-refractivity contribution is 4.81. The number of hydrogen-bond donors (Lipinski definition) is 0. The van der Waals surface area contributed by atoms with Crippen molar-refractivity contribution in [1.82, 2.24) is 0 Å². The monoisotopic (exact) mass is 156 g/mol. The third-order valence-corrected chi connectivity index (χ3v) is 3.57. The second kappa shape index (κ2) is 3.14. The van der Waals surface area contributed by atoms with E-state index in [9.17, 15) is 0 Å². The molecule has 1 nitrogen and oxygen atoms in total. The van der Waals surface area contributed by atoms with Crippen LogP contribution in [0, 0.1) is 17.8 Å². The average Bonchev–Trinajstić information content (AvgIpc) is 1.97. The largest absolute Gasteiger partial charge is 0.375 e. The van der Waals surface area contributed by atoms with Gasteiger partial charge in [-0.3, -0.25) is 0 Å². The van der Waals surface area contributed by atoms with Gasteiger partial charge in [-0.05, 0) is 31.6 Å². The van der Waals surface area contributed by atoms with Crippen LogP contribution in [-0.2, 0) is 4.74 Å². The Morgan fingerprint density at radius 1 is 0.636 bits per heavy atom. The lowest BCUT2D eigenvalue weighted by Crippen LogP contribution is -2.41. The lowest BCUT2D eigenvalue weighted by molar-refractivity contribution is -0.116. The molecule has 1 aliphatic rings. The number of ether oxygens (including phenoxy) is 1. The van der Waals surface area contributed by atoms with Gasteiger partial charge in [-0.2, -0.15) is 0 Å². The van der Waals surface area contributed by atoms with E-state index in [-0.39, 0.29) is 0 Å². The molecule has 0 spiro atoms. The summed E-state index contributed by atoms with van der Waals surface area (Å²) in [6.07, 6.45) is 0.882. The zero-order valence-electron chi connectivity index (χ0n) is 8.29. The van der Waals surface area contributed by atoms with Gasteiger partial charge in [-0.15, -0.1) is 0 Å². The van der Waals surface area contributed by atoms with Gasteiger partial charge in [-0.25, -0.2) is 0 Å². The molecule has 0 bridgehead atoms. The molecule has 1 heterocycles. The number of hydrogen-bond acceptors (Lipinski definition) is 1. The van der Waals surface area contributed by atoms with Gasteiger partial charge in [0.1, 0.15) is 0 Å². The summed E-state index contributed by atoms with van der Waals surface area (Å²) in [5.74, 6) is 2.22. The molecule has 0 amide bonds. The van der Waals surface area contributed by atoms with Gasteiger partial charge in [0.2, 0.25) is 0 Å². The lowest BCUT2D eigenvalue weighted by Gasteiger charge is -2.41. The summed E-state index contributed by atoms with van der Waals surface area (Å²) in [5.41, 5.74) is 0. The predicted molar refractivity (Wildman–Crippen MR) is 47.5 cm³/mol. The van der Waals surface area contributed by atoms with E-state index in [1.807, 2.05) is 0 Å². The van der Waals surface area contributed by atoms with Crippen molar-refractivity contribution in [2.45, 2.75) is 46.8 Å². The Morgan fingerprint density at radius 3 is 1.36 bits per heavy atom. The van der Waals surface area contributed by atoms with Crippen molar-refractivity contribution >= 4 is 0 Å². The number of rotatable bonds is 0. The molecule has 0 aromatic carbocycles. The van der Waals surface area contributed by atoms with E-state index in [4.69, 9.17) is 4.74 Å². The second-order valence-electron chi connectivity index (χ2n) is 4.12. The SMILES string of the molecule is CC1OC(C)C(C)C(C)C1C. The summed E-state index contributed by atoms with van der Waals surface area (Å²) >= 11 is 0. The maximum absolute atomic E-state index is 5.78. The van der Waals surface area contributed by atoms with Gasteiger partial charge in [0.25, 0.3) is 0 Å². The maximum atomic E-state index is 5.78.